The van der Waals surface area contributed by atoms with Gasteiger partial charge in [-0.3, -0.25) is 0 Å². The van der Waals surface area contributed by atoms with Gasteiger partial charge in [0.2, 0.25) is 0 Å². The third-order valence-corrected chi connectivity index (χ3v) is 3.28. The van der Waals surface area contributed by atoms with Crippen LogP contribution in [0, 0.1) is 0 Å². The van der Waals surface area contributed by atoms with E-state index in [0.29, 0.717) is 5.39 Å². The largest absolute Gasteiger partial charge is 0.744 e. The molecule has 2 aromatic carbocycles. The Bertz CT molecular complexity index is 753. The second kappa shape index (κ2) is 5.48. The summed E-state index contributed by atoms with van der Waals surface area (Å²) in [5.41, 5.74) is -0.358. The third kappa shape index (κ3) is 3.26. The summed E-state index contributed by atoms with van der Waals surface area (Å²) in [7, 11) is -4.60. The molecule has 2 rings (SSSR count). The number of carboxylic acids is 1. The van der Waals surface area contributed by atoms with Crippen LogP contribution >= 0.6 is 0 Å². The predicted octanol–water partition coefficient (Wildman–Crippen LogP) is 0.767. The molecule has 2 N–H and O–H groups in total. The molecule has 0 bridgehead atoms. The first-order valence-electron chi connectivity index (χ1n) is 4.75. The van der Waals surface area contributed by atoms with Crippen LogP contribution in [0.4, 0.5) is 0 Å². The molecule has 0 aromatic heterocycles. The Kier molecular flexibility index (Phi) is 4.59. The normalized spacial score (nSPS) is 11.0. The quantitative estimate of drug-likeness (QED) is 0.623. The molecule has 19 heavy (non-hydrogen) atoms. The Morgan fingerprint density at radius 1 is 1.11 bits per heavy atom. The van der Waals surface area contributed by atoms with Gasteiger partial charge in [0.05, 0.1) is 4.90 Å². The smallest absolute Gasteiger partial charge is 0.339 e. The van der Waals surface area contributed by atoms with Crippen LogP contribution in [0.3, 0.4) is 0 Å². The van der Waals surface area contributed by atoms with Crippen molar-refractivity contribution in [1.82, 2.24) is 0 Å². The first-order chi connectivity index (χ1) is 8.29. The van der Waals surface area contributed by atoms with E-state index in [4.69, 9.17) is 5.11 Å². The molecule has 8 heteroatoms. The van der Waals surface area contributed by atoms with Crippen LogP contribution in [-0.2, 0) is 10.1 Å². The molecule has 0 amide bonds. The minimum absolute atomic E-state index is 0. The van der Waals surface area contributed by atoms with Crippen molar-refractivity contribution in [2.45, 2.75) is 4.90 Å². The zero-order valence-corrected chi connectivity index (χ0v) is 12.6. The van der Waals surface area contributed by atoms with Crippen LogP contribution in [-0.4, -0.2) is 58.7 Å². The Morgan fingerprint density at radius 3 is 2.26 bits per heavy atom. The molecule has 0 aliphatic heterocycles. The van der Waals surface area contributed by atoms with Crippen LogP contribution in [0.25, 0.3) is 10.8 Å². The topological polar surface area (TPSA) is 115 Å². The van der Waals surface area contributed by atoms with Gasteiger partial charge in [0.15, 0.2) is 0 Å². The summed E-state index contributed by atoms with van der Waals surface area (Å²) in [6, 6.07) is 5.81. The molecular weight excluding hydrogens is 283 g/mol. The van der Waals surface area contributed by atoms with Gasteiger partial charge < -0.3 is 14.8 Å². The van der Waals surface area contributed by atoms with E-state index in [1.54, 1.807) is 0 Å². The van der Waals surface area contributed by atoms with Gasteiger partial charge in [0.1, 0.15) is 21.4 Å². The minimum Gasteiger partial charge on any atom is -0.744 e. The third-order valence-electron chi connectivity index (χ3n) is 2.45. The zero-order valence-electron chi connectivity index (χ0n) is 9.82. The Morgan fingerprint density at radius 2 is 1.74 bits per heavy atom. The van der Waals surface area contributed by atoms with Gasteiger partial charge in [-0.1, -0.05) is 6.07 Å². The molecule has 0 saturated heterocycles. The van der Waals surface area contributed by atoms with Gasteiger partial charge in [-0.15, -0.1) is 0 Å². The Labute approximate surface area is 130 Å². The summed E-state index contributed by atoms with van der Waals surface area (Å²) in [5, 5.41) is 18.9. The van der Waals surface area contributed by atoms with E-state index in [9.17, 15) is 22.9 Å². The standard InChI is InChI=1S/C11H8O6S.Na/c12-10-5-6-1-2-8(18(15,16)17)3-7(6)4-9(10)11(13)14;/h1-5,12H,(H,13,14)(H,15,16,17);/p-1. The molecule has 0 aliphatic rings. The van der Waals surface area contributed by atoms with Crippen LogP contribution in [0.2, 0.25) is 0 Å². The molecule has 0 heterocycles. The fourth-order valence-corrected chi connectivity index (χ4v) is 2.10. The maximum absolute atomic E-state index is 10.8. The first-order valence-corrected chi connectivity index (χ1v) is 6.16. The first kappa shape index (κ1) is 15.9. The van der Waals surface area contributed by atoms with Gasteiger partial charge in [0.25, 0.3) is 0 Å². The number of rotatable bonds is 2. The summed E-state index contributed by atoms with van der Waals surface area (Å²) >= 11 is 0. The molecule has 2 aromatic rings. The fraction of sp³-hybridized carbons (Fsp3) is 0. The second-order valence-corrected chi connectivity index (χ2v) is 5.02. The predicted molar refractivity (Wildman–Crippen MR) is 66.3 cm³/mol. The van der Waals surface area contributed by atoms with Gasteiger partial charge in [-0.05, 0) is 35.0 Å². The van der Waals surface area contributed by atoms with Gasteiger partial charge >= 0.3 is 5.97 Å². The van der Waals surface area contributed by atoms with Crippen molar-refractivity contribution in [3.05, 3.63) is 35.9 Å². The zero-order chi connectivity index (χ0) is 13.5. The number of phenols is 1. The minimum atomic E-state index is -4.60. The van der Waals surface area contributed by atoms with Crippen molar-refractivity contribution in [3.63, 3.8) is 0 Å². The molecule has 0 fully saturated rings. The molecule has 6 nitrogen and oxygen atoms in total. The van der Waals surface area contributed by atoms with Crippen molar-refractivity contribution >= 4 is 56.4 Å². The Balaban J connectivity index is 0.00000180. The summed E-state index contributed by atoms with van der Waals surface area (Å²) in [5.74, 6) is -1.77. The molecule has 0 aliphatic carbocycles. The van der Waals surface area contributed by atoms with Gasteiger partial charge in [0, 0.05) is 29.6 Å². The maximum Gasteiger partial charge on any atom is 0.339 e. The number of carboxylic acid groups (broad SMARTS) is 1. The number of benzene rings is 2. The van der Waals surface area contributed by atoms with Crippen LogP contribution in [0.5, 0.6) is 5.75 Å². The fourth-order valence-electron chi connectivity index (χ4n) is 1.59. The summed E-state index contributed by atoms with van der Waals surface area (Å²) in [6.07, 6.45) is 0. The van der Waals surface area contributed by atoms with Crippen molar-refractivity contribution in [3.8, 4) is 5.75 Å². The molecule has 0 atom stereocenters. The van der Waals surface area contributed by atoms with E-state index < -0.39 is 26.7 Å². The number of hydrogen-bond acceptors (Lipinski definition) is 5. The number of aromatic carboxylic acids is 1. The second-order valence-electron chi connectivity index (χ2n) is 3.64. The molecule has 0 unspecified atom stereocenters. The van der Waals surface area contributed by atoms with E-state index in [0.717, 1.165) is 18.2 Å². The number of hydrogen-bond donors (Lipinski definition) is 2. The van der Waals surface area contributed by atoms with Crippen molar-refractivity contribution in [2.24, 2.45) is 0 Å². The number of carbonyl (C=O) groups is 1. The average molecular weight is 290 g/mol. The molecule has 0 saturated carbocycles. The average Bonchev–Trinajstić information content (AvgIpc) is 2.25. The van der Waals surface area contributed by atoms with Crippen molar-refractivity contribution in [1.29, 1.82) is 0 Å². The molecule has 0 spiro atoms. The van der Waals surface area contributed by atoms with E-state index in [-0.39, 0.29) is 40.5 Å². The van der Waals surface area contributed by atoms with Crippen LogP contribution in [0.15, 0.2) is 35.2 Å². The Hall–Kier alpha value is -1.12. The number of fused-ring (bicyclic) bond motifs is 1. The van der Waals surface area contributed by atoms with Crippen molar-refractivity contribution in [2.75, 3.05) is 0 Å². The van der Waals surface area contributed by atoms with E-state index in [1.807, 2.05) is 0 Å². The molecule has 1 radical (unpaired) electrons. The van der Waals surface area contributed by atoms with E-state index >= 15 is 0 Å². The van der Waals surface area contributed by atoms with E-state index in [2.05, 4.69) is 0 Å². The van der Waals surface area contributed by atoms with Crippen molar-refractivity contribution < 1.29 is 28.0 Å². The maximum atomic E-state index is 10.8. The van der Waals surface area contributed by atoms with E-state index in [1.165, 1.54) is 12.1 Å². The summed E-state index contributed by atoms with van der Waals surface area (Å²) in [6.45, 7) is 0. The number of aromatic hydroxyl groups is 1. The van der Waals surface area contributed by atoms with Gasteiger partial charge in [-0.2, -0.15) is 0 Å². The van der Waals surface area contributed by atoms with Gasteiger partial charge in [-0.25, -0.2) is 13.2 Å². The summed E-state index contributed by atoms with van der Waals surface area (Å²) < 4.78 is 32.5. The summed E-state index contributed by atoms with van der Waals surface area (Å²) in [4.78, 5) is 10.4. The SMILES string of the molecule is O=C(O)c1cc2cc(S(=O)(=O)[O-])ccc2cc1O.[Na]. The van der Waals surface area contributed by atoms with Crippen LogP contribution in [0.1, 0.15) is 10.4 Å². The monoisotopic (exact) mass is 290 g/mol. The van der Waals surface area contributed by atoms with Crippen LogP contribution < -0.4 is 0 Å². The molecule has 95 valence electrons. The molecular formula is C11H7NaO6S-.